The lowest BCUT2D eigenvalue weighted by Gasteiger charge is -2.21. The molecule has 1 aliphatic heterocycles. The van der Waals surface area contributed by atoms with E-state index in [0.29, 0.717) is 17.5 Å². The highest BCUT2D eigenvalue weighted by Crippen LogP contribution is 2.34. The molecule has 1 N–H and O–H groups in total. The van der Waals surface area contributed by atoms with Crippen molar-refractivity contribution in [3.8, 4) is 0 Å². The van der Waals surface area contributed by atoms with E-state index >= 15 is 0 Å². The Bertz CT molecular complexity index is 710. The van der Waals surface area contributed by atoms with E-state index in [4.69, 9.17) is 5.11 Å². The first-order valence-electron chi connectivity index (χ1n) is 8.16. The SMILES string of the molecule is Cc1ccccc1C1CC(C)N(Cc2cccc(C(=O)O)c2)C1. The molecule has 0 spiro atoms. The largest absolute Gasteiger partial charge is 0.478 e. The number of carboxylic acids is 1. The summed E-state index contributed by atoms with van der Waals surface area (Å²) in [4.78, 5) is 13.6. The molecule has 2 atom stereocenters. The van der Waals surface area contributed by atoms with Crippen LogP contribution in [0.2, 0.25) is 0 Å². The number of nitrogens with zero attached hydrogens (tertiary/aromatic N) is 1. The first-order chi connectivity index (χ1) is 11.0. The van der Waals surface area contributed by atoms with E-state index < -0.39 is 5.97 Å². The van der Waals surface area contributed by atoms with Gasteiger partial charge in [-0.25, -0.2) is 4.79 Å². The van der Waals surface area contributed by atoms with Gasteiger partial charge in [-0.05, 0) is 55.0 Å². The maximum atomic E-state index is 11.1. The molecule has 1 saturated heterocycles. The molecule has 0 radical (unpaired) electrons. The molecule has 1 fully saturated rings. The van der Waals surface area contributed by atoms with Gasteiger partial charge in [0.1, 0.15) is 0 Å². The number of aryl methyl sites for hydroxylation is 1. The summed E-state index contributed by atoms with van der Waals surface area (Å²) >= 11 is 0. The van der Waals surface area contributed by atoms with Crippen LogP contribution in [-0.2, 0) is 6.54 Å². The van der Waals surface area contributed by atoms with Crippen molar-refractivity contribution < 1.29 is 9.90 Å². The molecule has 0 aromatic heterocycles. The van der Waals surface area contributed by atoms with Crippen molar-refractivity contribution in [2.24, 2.45) is 0 Å². The molecule has 3 rings (SSSR count). The zero-order valence-corrected chi connectivity index (χ0v) is 13.7. The Balaban J connectivity index is 1.74. The molecule has 3 nitrogen and oxygen atoms in total. The summed E-state index contributed by atoms with van der Waals surface area (Å²) in [6, 6.07) is 16.4. The van der Waals surface area contributed by atoms with Crippen LogP contribution in [0.25, 0.3) is 0 Å². The average Bonchev–Trinajstić information content (AvgIpc) is 2.89. The van der Waals surface area contributed by atoms with E-state index in [2.05, 4.69) is 43.0 Å². The summed E-state index contributed by atoms with van der Waals surface area (Å²) in [6.07, 6.45) is 1.16. The topological polar surface area (TPSA) is 40.5 Å². The Morgan fingerprint density at radius 2 is 2.00 bits per heavy atom. The molecular weight excluding hydrogens is 286 g/mol. The van der Waals surface area contributed by atoms with Crippen molar-refractivity contribution in [1.29, 1.82) is 0 Å². The van der Waals surface area contributed by atoms with Crippen molar-refractivity contribution in [1.82, 2.24) is 4.90 Å². The van der Waals surface area contributed by atoms with Gasteiger partial charge in [0.05, 0.1) is 5.56 Å². The highest BCUT2D eigenvalue weighted by atomic mass is 16.4. The molecular formula is C20H23NO2. The van der Waals surface area contributed by atoms with Gasteiger partial charge in [0.2, 0.25) is 0 Å². The molecule has 0 bridgehead atoms. The number of likely N-dealkylation sites (tertiary alicyclic amines) is 1. The second kappa shape index (κ2) is 6.55. The highest BCUT2D eigenvalue weighted by Gasteiger charge is 2.30. The lowest BCUT2D eigenvalue weighted by atomic mass is 9.93. The molecule has 0 amide bonds. The van der Waals surface area contributed by atoms with E-state index in [1.54, 1.807) is 12.1 Å². The third kappa shape index (κ3) is 3.45. The third-order valence-corrected chi connectivity index (χ3v) is 4.89. The molecule has 1 aliphatic rings. The molecule has 3 heteroatoms. The van der Waals surface area contributed by atoms with E-state index in [1.165, 1.54) is 11.1 Å². The van der Waals surface area contributed by atoms with Gasteiger partial charge in [0.15, 0.2) is 0 Å². The van der Waals surface area contributed by atoms with Crippen molar-refractivity contribution in [2.45, 2.75) is 38.8 Å². The number of carbonyl (C=O) groups is 1. The van der Waals surface area contributed by atoms with Crippen molar-refractivity contribution in [2.75, 3.05) is 6.54 Å². The molecule has 120 valence electrons. The summed E-state index contributed by atoms with van der Waals surface area (Å²) in [5, 5.41) is 9.13. The lowest BCUT2D eigenvalue weighted by molar-refractivity contribution is 0.0696. The number of carboxylic acid groups (broad SMARTS) is 1. The zero-order valence-electron chi connectivity index (χ0n) is 13.7. The number of benzene rings is 2. The Morgan fingerprint density at radius 1 is 1.22 bits per heavy atom. The molecule has 2 unspecified atom stereocenters. The first-order valence-corrected chi connectivity index (χ1v) is 8.16. The summed E-state index contributed by atoms with van der Waals surface area (Å²) in [5.74, 6) is -0.298. The van der Waals surface area contributed by atoms with Crippen LogP contribution in [0.3, 0.4) is 0 Å². The Labute approximate surface area is 137 Å². The fourth-order valence-corrected chi connectivity index (χ4v) is 3.63. The predicted molar refractivity (Wildman–Crippen MR) is 91.8 cm³/mol. The second-order valence-corrected chi connectivity index (χ2v) is 6.57. The monoisotopic (exact) mass is 309 g/mol. The van der Waals surface area contributed by atoms with E-state index in [9.17, 15) is 4.79 Å². The van der Waals surface area contributed by atoms with Crippen LogP contribution >= 0.6 is 0 Å². The quantitative estimate of drug-likeness (QED) is 0.925. The van der Waals surface area contributed by atoms with Gasteiger partial charge in [-0.3, -0.25) is 4.90 Å². The van der Waals surface area contributed by atoms with E-state index in [-0.39, 0.29) is 0 Å². The van der Waals surface area contributed by atoms with Gasteiger partial charge >= 0.3 is 5.97 Å². The fraction of sp³-hybridized carbons (Fsp3) is 0.350. The van der Waals surface area contributed by atoms with Gasteiger partial charge in [0, 0.05) is 19.1 Å². The van der Waals surface area contributed by atoms with Crippen LogP contribution in [0.4, 0.5) is 0 Å². The van der Waals surface area contributed by atoms with Crippen LogP contribution in [0.5, 0.6) is 0 Å². The number of aromatic carboxylic acids is 1. The standard InChI is InChI=1S/C20H23NO2/c1-14-6-3-4-9-19(14)18-10-15(2)21(13-18)12-16-7-5-8-17(11-16)20(22)23/h3-9,11,15,18H,10,12-13H2,1-2H3,(H,22,23). The average molecular weight is 309 g/mol. The normalized spacial score (nSPS) is 21.5. The first kappa shape index (κ1) is 15.8. The predicted octanol–water partition coefficient (Wildman–Crippen LogP) is 4.07. The maximum Gasteiger partial charge on any atom is 0.335 e. The molecule has 1 heterocycles. The number of hydrogen-bond donors (Lipinski definition) is 1. The molecule has 0 aliphatic carbocycles. The zero-order chi connectivity index (χ0) is 16.4. The van der Waals surface area contributed by atoms with Crippen LogP contribution in [0.15, 0.2) is 48.5 Å². The number of hydrogen-bond acceptors (Lipinski definition) is 2. The van der Waals surface area contributed by atoms with Gasteiger partial charge in [0.25, 0.3) is 0 Å². The minimum absolute atomic E-state index is 0.366. The lowest BCUT2D eigenvalue weighted by Crippen LogP contribution is -2.26. The number of rotatable bonds is 4. The Morgan fingerprint density at radius 3 is 2.74 bits per heavy atom. The summed E-state index contributed by atoms with van der Waals surface area (Å²) in [6.45, 7) is 6.28. The summed E-state index contributed by atoms with van der Waals surface area (Å²) in [7, 11) is 0. The van der Waals surface area contributed by atoms with Crippen LogP contribution in [0.1, 0.15) is 46.3 Å². The van der Waals surface area contributed by atoms with Crippen LogP contribution in [-0.4, -0.2) is 28.6 Å². The van der Waals surface area contributed by atoms with Crippen molar-refractivity contribution >= 4 is 5.97 Å². The molecule has 2 aromatic rings. The minimum Gasteiger partial charge on any atom is -0.478 e. The van der Waals surface area contributed by atoms with Gasteiger partial charge < -0.3 is 5.11 Å². The van der Waals surface area contributed by atoms with Gasteiger partial charge in [-0.15, -0.1) is 0 Å². The third-order valence-electron chi connectivity index (χ3n) is 4.89. The second-order valence-electron chi connectivity index (χ2n) is 6.57. The van der Waals surface area contributed by atoms with E-state index in [1.807, 2.05) is 12.1 Å². The van der Waals surface area contributed by atoms with Crippen LogP contribution in [0, 0.1) is 6.92 Å². The Hall–Kier alpha value is -2.13. The summed E-state index contributed by atoms with van der Waals surface area (Å²) in [5.41, 5.74) is 4.24. The maximum absolute atomic E-state index is 11.1. The van der Waals surface area contributed by atoms with Crippen molar-refractivity contribution in [3.63, 3.8) is 0 Å². The Kier molecular flexibility index (Phi) is 4.49. The van der Waals surface area contributed by atoms with Gasteiger partial charge in [-0.1, -0.05) is 36.4 Å². The highest BCUT2D eigenvalue weighted by molar-refractivity contribution is 5.87. The molecule has 23 heavy (non-hydrogen) atoms. The van der Waals surface area contributed by atoms with E-state index in [0.717, 1.165) is 25.1 Å². The smallest absolute Gasteiger partial charge is 0.335 e. The van der Waals surface area contributed by atoms with Crippen molar-refractivity contribution in [3.05, 3.63) is 70.8 Å². The molecule has 2 aromatic carbocycles. The van der Waals surface area contributed by atoms with Crippen LogP contribution < -0.4 is 0 Å². The fourth-order valence-electron chi connectivity index (χ4n) is 3.63. The summed E-state index contributed by atoms with van der Waals surface area (Å²) < 4.78 is 0. The molecule has 0 saturated carbocycles. The van der Waals surface area contributed by atoms with Gasteiger partial charge in [-0.2, -0.15) is 0 Å². The minimum atomic E-state index is -0.862.